The minimum absolute atomic E-state index is 0.109. The van der Waals surface area contributed by atoms with Gasteiger partial charge in [0.05, 0.1) is 5.69 Å². The van der Waals surface area contributed by atoms with E-state index in [4.69, 9.17) is 5.73 Å². The summed E-state index contributed by atoms with van der Waals surface area (Å²) in [5.74, 6) is 0.262. The first kappa shape index (κ1) is 11.5. The number of thiophene rings is 1. The highest BCUT2D eigenvalue weighted by Crippen LogP contribution is 2.33. The average Bonchev–Trinajstić information content (AvgIpc) is 2.54. The molecular weight excluding hydrogens is 218 g/mol. The number of aromatic nitrogens is 2. The van der Waals surface area contributed by atoms with Crippen molar-refractivity contribution in [3.8, 4) is 0 Å². The van der Waals surface area contributed by atoms with E-state index in [1.807, 2.05) is 6.92 Å². The molecule has 4 heteroatoms. The number of nitrogens with two attached hydrogens (primary N) is 1. The quantitative estimate of drug-likeness (QED) is 0.870. The molecule has 2 aromatic rings. The van der Waals surface area contributed by atoms with Gasteiger partial charge in [0.2, 0.25) is 0 Å². The van der Waals surface area contributed by atoms with Crippen molar-refractivity contribution in [1.29, 1.82) is 0 Å². The fourth-order valence-corrected chi connectivity index (χ4v) is 2.81. The van der Waals surface area contributed by atoms with Crippen LogP contribution < -0.4 is 5.73 Å². The highest BCUT2D eigenvalue weighted by molar-refractivity contribution is 7.18. The number of hydrogen-bond acceptors (Lipinski definition) is 4. The van der Waals surface area contributed by atoms with Crippen LogP contribution in [0.2, 0.25) is 0 Å². The molecule has 2 rings (SSSR count). The molecule has 2 atom stereocenters. The normalized spacial score (nSPS) is 15.3. The molecule has 0 saturated carbocycles. The van der Waals surface area contributed by atoms with Gasteiger partial charge in [-0.1, -0.05) is 6.92 Å². The Labute approximate surface area is 99.7 Å². The summed E-state index contributed by atoms with van der Waals surface area (Å²) < 4.78 is 0. The van der Waals surface area contributed by atoms with Crippen molar-refractivity contribution in [2.24, 2.45) is 5.73 Å². The van der Waals surface area contributed by atoms with Crippen LogP contribution in [0.25, 0.3) is 10.2 Å². The van der Waals surface area contributed by atoms with Gasteiger partial charge in [-0.25, -0.2) is 9.97 Å². The van der Waals surface area contributed by atoms with Crippen LogP contribution in [0.15, 0.2) is 6.33 Å². The molecule has 0 aliphatic carbocycles. The lowest BCUT2D eigenvalue weighted by molar-refractivity contribution is 0.602. The minimum Gasteiger partial charge on any atom is -0.327 e. The van der Waals surface area contributed by atoms with Gasteiger partial charge in [0.15, 0.2) is 0 Å². The lowest BCUT2D eigenvalue weighted by atomic mass is 9.96. The van der Waals surface area contributed by atoms with Gasteiger partial charge in [-0.3, -0.25) is 0 Å². The predicted octanol–water partition coefficient (Wildman–Crippen LogP) is 2.76. The third-order valence-corrected chi connectivity index (χ3v) is 4.33. The summed E-state index contributed by atoms with van der Waals surface area (Å²) >= 11 is 1.73. The second-order valence-corrected chi connectivity index (χ2v) is 5.57. The van der Waals surface area contributed by atoms with E-state index in [0.717, 1.165) is 10.5 Å². The Morgan fingerprint density at radius 2 is 1.94 bits per heavy atom. The molecule has 2 unspecified atom stereocenters. The van der Waals surface area contributed by atoms with Gasteiger partial charge in [-0.05, 0) is 26.3 Å². The lowest BCUT2D eigenvalue weighted by Gasteiger charge is -2.15. The van der Waals surface area contributed by atoms with Crippen molar-refractivity contribution < 1.29 is 0 Å². The summed E-state index contributed by atoms with van der Waals surface area (Å²) in [5, 5.41) is 1.20. The van der Waals surface area contributed by atoms with Crippen LogP contribution in [0, 0.1) is 13.8 Å². The molecule has 2 heterocycles. The molecule has 0 aliphatic heterocycles. The monoisotopic (exact) mass is 235 g/mol. The number of nitrogens with zero attached hydrogens (tertiary/aromatic N) is 2. The SMILES string of the molecule is Cc1sc2ncnc(C(C)C(C)N)c2c1C. The maximum Gasteiger partial charge on any atom is 0.127 e. The number of hydrogen-bond donors (Lipinski definition) is 1. The van der Waals surface area contributed by atoms with Gasteiger partial charge >= 0.3 is 0 Å². The maximum atomic E-state index is 5.96. The smallest absolute Gasteiger partial charge is 0.127 e. The van der Waals surface area contributed by atoms with E-state index in [1.54, 1.807) is 17.7 Å². The van der Waals surface area contributed by atoms with Gasteiger partial charge < -0.3 is 5.73 Å². The molecule has 0 radical (unpaired) electrons. The van der Waals surface area contributed by atoms with E-state index < -0.39 is 0 Å². The van der Waals surface area contributed by atoms with Crippen molar-refractivity contribution in [3.63, 3.8) is 0 Å². The highest BCUT2D eigenvalue weighted by Gasteiger charge is 2.18. The van der Waals surface area contributed by atoms with Crippen LogP contribution in [0.5, 0.6) is 0 Å². The van der Waals surface area contributed by atoms with Crippen molar-refractivity contribution in [2.45, 2.75) is 39.7 Å². The summed E-state index contributed by atoms with van der Waals surface area (Å²) in [7, 11) is 0. The molecule has 0 aliphatic rings. The van der Waals surface area contributed by atoms with Crippen molar-refractivity contribution in [2.75, 3.05) is 0 Å². The van der Waals surface area contributed by atoms with E-state index in [9.17, 15) is 0 Å². The largest absolute Gasteiger partial charge is 0.327 e. The fraction of sp³-hybridized carbons (Fsp3) is 0.500. The summed E-state index contributed by atoms with van der Waals surface area (Å²) in [4.78, 5) is 11.1. The second kappa shape index (κ2) is 4.11. The summed E-state index contributed by atoms with van der Waals surface area (Å²) in [6.07, 6.45) is 1.64. The maximum absolute atomic E-state index is 5.96. The molecule has 0 saturated heterocycles. The zero-order chi connectivity index (χ0) is 11.9. The topological polar surface area (TPSA) is 51.8 Å². The van der Waals surface area contributed by atoms with Gasteiger partial charge in [-0.15, -0.1) is 11.3 Å². The second-order valence-electron chi connectivity index (χ2n) is 4.37. The van der Waals surface area contributed by atoms with Gasteiger partial charge in [-0.2, -0.15) is 0 Å². The van der Waals surface area contributed by atoms with E-state index in [0.29, 0.717) is 0 Å². The number of fused-ring (bicyclic) bond motifs is 1. The fourth-order valence-electron chi connectivity index (χ4n) is 1.80. The Hall–Kier alpha value is -1.00. The van der Waals surface area contributed by atoms with Crippen LogP contribution in [-0.2, 0) is 0 Å². The van der Waals surface area contributed by atoms with Crippen LogP contribution in [0.3, 0.4) is 0 Å². The van der Waals surface area contributed by atoms with E-state index in [1.165, 1.54) is 15.8 Å². The lowest BCUT2D eigenvalue weighted by Crippen LogP contribution is -2.23. The van der Waals surface area contributed by atoms with Crippen molar-refractivity contribution in [1.82, 2.24) is 9.97 Å². The van der Waals surface area contributed by atoms with Gasteiger partial charge in [0.25, 0.3) is 0 Å². The zero-order valence-electron chi connectivity index (χ0n) is 10.1. The first-order chi connectivity index (χ1) is 7.52. The Balaban J connectivity index is 2.70. The summed E-state index contributed by atoms with van der Waals surface area (Å²) in [5.41, 5.74) is 8.34. The number of aryl methyl sites for hydroxylation is 2. The van der Waals surface area contributed by atoms with Crippen LogP contribution >= 0.6 is 11.3 Å². The molecule has 2 aromatic heterocycles. The molecule has 0 fully saturated rings. The average molecular weight is 235 g/mol. The summed E-state index contributed by atoms with van der Waals surface area (Å²) in [6, 6.07) is 0.109. The standard InChI is InChI=1S/C12H17N3S/c1-6(8(3)13)11-10-7(2)9(4)16-12(10)15-5-14-11/h5-6,8H,13H2,1-4H3. The molecule has 0 spiro atoms. The van der Waals surface area contributed by atoms with Crippen molar-refractivity contribution >= 4 is 21.6 Å². The van der Waals surface area contributed by atoms with Gasteiger partial charge in [0.1, 0.15) is 11.2 Å². The predicted molar refractivity (Wildman–Crippen MR) is 69.0 cm³/mol. The van der Waals surface area contributed by atoms with Crippen LogP contribution in [0.1, 0.15) is 35.9 Å². The molecule has 86 valence electrons. The molecule has 0 aromatic carbocycles. The Bertz CT molecular complexity index is 516. The zero-order valence-corrected chi connectivity index (χ0v) is 10.9. The summed E-state index contributed by atoms with van der Waals surface area (Å²) in [6.45, 7) is 8.41. The Kier molecular flexibility index (Phi) is 2.95. The van der Waals surface area contributed by atoms with Crippen LogP contribution in [-0.4, -0.2) is 16.0 Å². The van der Waals surface area contributed by atoms with Crippen molar-refractivity contribution in [3.05, 3.63) is 22.5 Å². The van der Waals surface area contributed by atoms with E-state index in [-0.39, 0.29) is 12.0 Å². The third-order valence-electron chi connectivity index (χ3n) is 3.21. The highest BCUT2D eigenvalue weighted by atomic mass is 32.1. The molecule has 3 nitrogen and oxygen atoms in total. The first-order valence-electron chi connectivity index (χ1n) is 5.48. The molecule has 0 amide bonds. The van der Waals surface area contributed by atoms with Crippen LogP contribution in [0.4, 0.5) is 0 Å². The number of rotatable bonds is 2. The first-order valence-corrected chi connectivity index (χ1v) is 6.30. The minimum atomic E-state index is 0.109. The Morgan fingerprint density at radius 1 is 1.25 bits per heavy atom. The molecule has 16 heavy (non-hydrogen) atoms. The van der Waals surface area contributed by atoms with E-state index >= 15 is 0 Å². The van der Waals surface area contributed by atoms with Gasteiger partial charge in [0, 0.05) is 22.2 Å². The Morgan fingerprint density at radius 3 is 2.56 bits per heavy atom. The van der Waals surface area contributed by atoms with E-state index in [2.05, 4.69) is 30.7 Å². The molecule has 2 N–H and O–H groups in total. The molecule has 0 bridgehead atoms. The molecular formula is C12H17N3S. The third kappa shape index (κ3) is 1.72.